The number of carbonyl (C=O) groups is 1. The maximum atomic E-state index is 11.5. The van der Waals surface area contributed by atoms with Crippen molar-refractivity contribution in [3.8, 4) is 0 Å². The van der Waals surface area contributed by atoms with Crippen molar-refractivity contribution in [3.05, 3.63) is 5.82 Å². The van der Waals surface area contributed by atoms with E-state index in [2.05, 4.69) is 25.9 Å². The Bertz CT molecular complexity index is 334. The van der Waals surface area contributed by atoms with Crippen molar-refractivity contribution in [1.29, 1.82) is 0 Å². The van der Waals surface area contributed by atoms with Gasteiger partial charge in [0.1, 0.15) is 0 Å². The number of H-pyrrole nitrogens is 1. The molecule has 94 valence electrons. The Kier molecular flexibility index (Phi) is 4.43. The molecule has 1 atom stereocenters. The van der Waals surface area contributed by atoms with Crippen LogP contribution in [0.25, 0.3) is 0 Å². The second kappa shape index (κ2) is 6.29. The molecule has 1 unspecified atom stereocenters. The Balaban J connectivity index is 1.60. The average molecular weight is 239 g/mol. The maximum absolute atomic E-state index is 11.5. The Labute approximate surface area is 99.3 Å². The summed E-state index contributed by atoms with van der Waals surface area (Å²) in [6.07, 6.45) is 4.94. The second-order valence-corrected chi connectivity index (χ2v) is 4.13. The maximum Gasteiger partial charge on any atom is 0.220 e. The third-order valence-electron chi connectivity index (χ3n) is 2.80. The second-order valence-electron chi connectivity index (χ2n) is 4.13. The van der Waals surface area contributed by atoms with Crippen molar-refractivity contribution in [2.45, 2.75) is 44.8 Å². The highest BCUT2D eigenvalue weighted by Crippen LogP contribution is 2.16. The largest absolute Gasteiger partial charge is 0.378 e. The van der Waals surface area contributed by atoms with Gasteiger partial charge < -0.3 is 10.1 Å². The van der Waals surface area contributed by atoms with Gasteiger partial charge in [0.05, 0.1) is 12.6 Å². The summed E-state index contributed by atoms with van der Waals surface area (Å²) in [5.41, 5.74) is 0. The van der Waals surface area contributed by atoms with Crippen LogP contribution in [0.1, 0.15) is 37.9 Å². The normalized spacial score (nSPS) is 20.1. The van der Waals surface area contributed by atoms with Gasteiger partial charge in [-0.1, -0.05) is 5.21 Å². The van der Waals surface area contributed by atoms with Crippen molar-refractivity contribution < 1.29 is 9.53 Å². The average Bonchev–Trinajstić information content (AvgIpc) is 2.88. The van der Waals surface area contributed by atoms with E-state index in [0.717, 1.165) is 25.9 Å². The zero-order valence-corrected chi connectivity index (χ0v) is 9.69. The summed E-state index contributed by atoms with van der Waals surface area (Å²) in [6, 6.07) is 0. The lowest BCUT2D eigenvalue weighted by atomic mass is 10.0. The van der Waals surface area contributed by atoms with Gasteiger partial charge >= 0.3 is 0 Å². The number of carbonyl (C=O) groups excluding carboxylic acids is 1. The van der Waals surface area contributed by atoms with Crippen LogP contribution in [-0.4, -0.2) is 39.2 Å². The van der Waals surface area contributed by atoms with Crippen molar-refractivity contribution in [3.63, 3.8) is 0 Å². The van der Waals surface area contributed by atoms with Crippen LogP contribution >= 0.6 is 0 Å². The monoisotopic (exact) mass is 239 g/mol. The summed E-state index contributed by atoms with van der Waals surface area (Å²) in [7, 11) is 0. The lowest BCUT2D eigenvalue weighted by molar-refractivity contribution is -0.122. The first-order valence-corrected chi connectivity index (χ1v) is 5.95. The molecule has 0 spiro atoms. The molecule has 1 aromatic heterocycles. The summed E-state index contributed by atoms with van der Waals surface area (Å²) in [5.74, 6) is 0.497. The van der Waals surface area contributed by atoms with Crippen LogP contribution < -0.4 is 5.32 Å². The minimum absolute atomic E-state index is 0.00368. The van der Waals surface area contributed by atoms with E-state index in [1.807, 2.05) is 0 Å². The Morgan fingerprint density at radius 3 is 3.18 bits per heavy atom. The van der Waals surface area contributed by atoms with Crippen molar-refractivity contribution in [1.82, 2.24) is 25.9 Å². The molecule has 1 aromatic rings. The fourth-order valence-electron chi connectivity index (χ4n) is 1.85. The van der Waals surface area contributed by atoms with Gasteiger partial charge in [-0.2, -0.15) is 5.21 Å². The van der Waals surface area contributed by atoms with E-state index in [1.54, 1.807) is 0 Å². The minimum atomic E-state index is 0.00368. The van der Waals surface area contributed by atoms with Crippen LogP contribution in [0, 0.1) is 0 Å². The van der Waals surface area contributed by atoms with Crippen LogP contribution in [0.4, 0.5) is 0 Å². The summed E-state index contributed by atoms with van der Waals surface area (Å²) >= 11 is 0. The molecule has 1 saturated heterocycles. The Morgan fingerprint density at radius 1 is 1.53 bits per heavy atom. The van der Waals surface area contributed by atoms with Gasteiger partial charge in [-0.3, -0.25) is 4.79 Å². The Hall–Kier alpha value is -1.50. The van der Waals surface area contributed by atoms with E-state index in [9.17, 15) is 4.79 Å². The Morgan fingerprint density at radius 2 is 2.47 bits per heavy atom. The quantitative estimate of drug-likeness (QED) is 0.763. The van der Waals surface area contributed by atoms with E-state index >= 15 is 0 Å². The highest BCUT2D eigenvalue weighted by molar-refractivity contribution is 5.75. The zero-order valence-electron chi connectivity index (χ0n) is 9.69. The fourth-order valence-corrected chi connectivity index (χ4v) is 1.85. The third kappa shape index (κ3) is 4.10. The molecule has 1 aliphatic heterocycles. The molecule has 1 amide bonds. The van der Waals surface area contributed by atoms with Crippen molar-refractivity contribution in [2.75, 3.05) is 6.61 Å². The van der Waals surface area contributed by atoms with E-state index in [-0.39, 0.29) is 12.0 Å². The number of nitrogens with zero attached hydrogens (tertiary/aromatic N) is 3. The molecule has 7 heteroatoms. The van der Waals surface area contributed by atoms with Gasteiger partial charge in [0.15, 0.2) is 5.82 Å². The van der Waals surface area contributed by atoms with E-state index < -0.39 is 0 Å². The molecule has 0 saturated carbocycles. The molecule has 1 fully saturated rings. The van der Waals surface area contributed by atoms with Crippen LogP contribution in [0.5, 0.6) is 0 Å². The molecule has 0 bridgehead atoms. The lowest BCUT2D eigenvalue weighted by Crippen LogP contribution is -2.26. The van der Waals surface area contributed by atoms with Gasteiger partial charge in [0, 0.05) is 13.0 Å². The first-order valence-electron chi connectivity index (χ1n) is 5.95. The van der Waals surface area contributed by atoms with Crippen LogP contribution in [0.15, 0.2) is 0 Å². The number of hydrogen-bond donors (Lipinski definition) is 2. The molecule has 0 aliphatic carbocycles. The first kappa shape index (κ1) is 12.0. The molecule has 17 heavy (non-hydrogen) atoms. The SMILES string of the molecule is O=C(CCC1CCCCO1)NCc1nn[nH]n1. The van der Waals surface area contributed by atoms with E-state index in [0.29, 0.717) is 18.8 Å². The van der Waals surface area contributed by atoms with Crippen LogP contribution in [-0.2, 0) is 16.1 Å². The van der Waals surface area contributed by atoms with Crippen LogP contribution in [0.2, 0.25) is 0 Å². The minimum Gasteiger partial charge on any atom is -0.378 e. The van der Waals surface area contributed by atoms with Gasteiger partial charge in [0.2, 0.25) is 5.91 Å². The molecular formula is C10H17N5O2. The molecule has 2 heterocycles. The highest BCUT2D eigenvalue weighted by atomic mass is 16.5. The molecule has 1 aliphatic rings. The summed E-state index contributed by atoms with van der Waals surface area (Å²) in [4.78, 5) is 11.5. The number of tetrazole rings is 1. The van der Waals surface area contributed by atoms with Gasteiger partial charge in [-0.25, -0.2) is 0 Å². The predicted molar refractivity (Wildman–Crippen MR) is 58.8 cm³/mol. The topological polar surface area (TPSA) is 92.8 Å². The van der Waals surface area contributed by atoms with Crippen LogP contribution in [0.3, 0.4) is 0 Å². The predicted octanol–water partition coefficient (Wildman–Crippen LogP) is 0.165. The van der Waals surface area contributed by atoms with Crippen molar-refractivity contribution >= 4 is 5.91 Å². The van der Waals surface area contributed by atoms with Gasteiger partial charge in [0.25, 0.3) is 0 Å². The summed E-state index contributed by atoms with van der Waals surface area (Å²) in [5, 5.41) is 16.0. The van der Waals surface area contributed by atoms with Gasteiger partial charge in [-0.05, 0) is 25.7 Å². The highest BCUT2D eigenvalue weighted by Gasteiger charge is 2.15. The lowest BCUT2D eigenvalue weighted by Gasteiger charge is -2.22. The number of aromatic amines is 1. The fraction of sp³-hybridized carbons (Fsp3) is 0.800. The summed E-state index contributed by atoms with van der Waals surface area (Å²) < 4.78 is 5.56. The number of hydrogen-bond acceptors (Lipinski definition) is 5. The first-order chi connectivity index (χ1) is 8.34. The summed E-state index contributed by atoms with van der Waals surface area (Å²) in [6.45, 7) is 1.15. The molecule has 0 aromatic carbocycles. The van der Waals surface area contributed by atoms with Gasteiger partial charge in [-0.15, -0.1) is 10.2 Å². The molecule has 0 radical (unpaired) electrons. The van der Waals surface area contributed by atoms with E-state index in [1.165, 1.54) is 6.42 Å². The molecule has 7 nitrogen and oxygen atoms in total. The van der Waals surface area contributed by atoms with Crippen molar-refractivity contribution in [2.24, 2.45) is 0 Å². The molecule has 2 N–H and O–H groups in total. The smallest absolute Gasteiger partial charge is 0.220 e. The molecule has 2 rings (SSSR count). The zero-order chi connectivity index (χ0) is 11.9. The number of ether oxygens (including phenoxy) is 1. The number of rotatable bonds is 5. The van der Waals surface area contributed by atoms with E-state index in [4.69, 9.17) is 4.74 Å². The number of aromatic nitrogens is 4. The number of nitrogens with one attached hydrogen (secondary N) is 2. The molecular weight excluding hydrogens is 222 g/mol. The third-order valence-corrected chi connectivity index (χ3v) is 2.80. The number of amides is 1. The standard InChI is InChI=1S/C10H17N5O2/c16-10(11-7-9-12-14-15-13-9)5-4-8-3-1-2-6-17-8/h8H,1-7H2,(H,11,16)(H,12,13,14,15).